The van der Waals surface area contributed by atoms with E-state index in [0.29, 0.717) is 5.92 Å². The summed E-state index contributed by atoms with van der Waals surface area (Å²) < 4.78 is 0. The van der Waals surface area contributed by atoms with Gasteiger partial charge in [0.25, 0.3) is 0 Å². The minimum Gasteiger partial charge on any atom is -0.0587 e. The maximum Gasteiger partial charge on any atom is -0.0184 e. The molecule has 3 aromatic carbocycles. The third-order valence-corrected chi connectivity index (χ3v) is 4.18. The van der Waals surface area contributed by atoms with Gasteiger partial charge in [0, 0.05) is 0 Å². The normalized spacial score (nSPS) is 10.9. The van der Waals surface area contributed by atoms with E-state index in [1.54, 1.807) is 0 Å². The van der Waals surface area contributed by atoms with Gasteiger partial charge in [0.05, 0.1) is 0 Å². The summed E-state index contributed by atoms with van der Waals surface area (Å²) in [5.74, 6) is 0.581. The number of rotatable bonds is 3. The smallest absolute Gasteiger partial charge is 0.0184 e. The molecule has 0 bridgehead atoms. The van der Waals surface area contributed by atoms with Crippen molar-refractivity contribution in [2.45, 2.75) is 26.7 Å². The fourth-order valence-corrected chi connectivity index (χ4v) is 2.66. The fraction of sp³-hybridized carbons (Fsp3) is 0.182. The molecule has 3 aromatic rings. The van der Waals surface area contributed by atoms with Crippen LogP contribution in [0.5, 0.6) is 0 Å². The highest BCUT2D eigenvalue weighted by Crippen LogP contribution is 2.26. The highest BCUT2D eigenvalue weighted by molar-refractivity contribution is 5.70. The third-order valence-electron chi connectivity index (χ3n) is 4.18. The summed E-state index contributed by atoms with van der Waals surface area (Å²) in [6.07, 6.45) is 0. The number of benzene rings is 3. The van der Waals surface area contributed by atoms with Crippen LogP contribution in [0.25, 0.3) is 22.3 Å². The predicted octanol–water partition coefficient (Wildman–Crippen LogP) is 6.45. The summed E-state index contributed by atoms with van der Waals surface area (Å²) in [7, 11) is 0. The zero-order valence-electron chi connectivity index (χ0n) is 13.5. The minimum atomic E-state index is 0.581. The summed E-state index contributed by atoms with van der Waals surface area (Å²) in [6.45, 7) is 6.57. The van der Waals surface area contributed by atoms with Crippen LogP contribution in [0.3, 0.4) is 0 Å². The quantitative estimate of drug-likeness (QED) is 0.519. The molecule has 3 rings (SSSR count). The molecule has 0 aliphatic heterocycles. The van der Waals surface area contributed by atoms with Crippen molar-refractivity contribution < 1.29 is 0 Å². The summed E-state index contributed by atoms with van der Waals surface area (Å²) in [5, 5.41) is 0. The molecule has 22 heavy (non-hydrogen) atoms. The van der Waals surface area contributed by atoms with Crippen LogP contribution in [0.15, 0.2) is 72.8 Å². The van der Waals surface area contributed by atoms with E-state index in [-0.39, 0.29) is 0 Å². The Morgan fingerprint density at radius 2 is 0.818 bits per heavy atom. The minimum absolute atomic E-state index is 0.581. The molecule has 0 saturated carbocycles. The van der Waals surface area contributed by atoms with Crippen LogP contribution in [0, 0.1) is 6.92 Å². The highest BCUT2D eigenvalue weighted by atomic mass is 14.1. The second kappa shape index (κ2) is 6.19. The maximum absolute atomic E-state index is 2.23. The van der Waals surface area contributed by atoms with Crippen LogP contribution < -0.4 is 0 Å². The molecule has 0 spiro atoms. The Bertz CT molecular complexity index is 730. The Morgan fingerprint density at radius 3 is 1.18 bits per heavy atom. The number of hydrogen-bond acceptors (Lipinski definition) is 0. The first-order valence-corrected chi connectivity index (χ1v) is 7.91. The van der Waals surface area contributed by atoms with Crippen molar-refractivity contribution in [1.82, 2.24) is 0 Å². The summed E-state index contributed by atoms with van der Waals surface area (Å²) in [4.78, 5) is 0. The molecule has 0 amide bonds. The Hall–Kier alpha value is -2.34. The van der Waals surface area contributed by atoms with Crippen LogP contribution in [-0.4, -0.2) is 0 Å². The van der Waals surface area contributed by atoms with Gasteiger partial charge >= 0.3 is 0 Å². The first-order chi connectivity index (χ1) is 10.6. The molecule has 0 fully saturated rings. The van der Waals surface area contributed by atoms with E-state index in [0.717, 1.165) is 0 Å². The van der Waals surface area contributed by atoms with Gasteiger partial charge in [0.2, 0.25) is 0 Å². The van der Waals surface area contributed by atoms with Crippen LogP contribution in [0.4, 0.5) is 0 Å². The number of aryl methyl sites for hydroxylation is 1. The van der Waals surface area contributed by atoms with Crippen molar-refractivity contribution in [1.29, 1.82) is 0 Å². The predicted molar refractivity (Wildman–Crippen MR) is 96.1 cm³/mol. The van der Waals surface area contributed by atoms with E-state index in [4.69, 9.17) is 0 Å². The van der Waals surface area contributed by atoms with Crippen molar-refractivity contribution in [3.05, 3.63) is 83.9 Å². The standard InChI is InChI=1S/C22H22/c1-16(2)18-8-10-20(11-9-18)22-14-12-21(13-15-22)19-6-4-17(3)5-7-19/h4-16H,1-3H3. The molecular formula is C22H22. The monoisotopic (exact) mass is 286 g/mol. The van der Waals surface area contributed by atoms with Crippen LogP contribution in [-0.2, 0) is 0 Å². The van der Waals surface area contributed by atoms with Crippen molar-refractivity contribution >= 4 is 0 Å². The largest absolute Gasteiger partial charge is 0.0587 e. The molecule has 0 atom stereocenters. The summed E-state index contributed by atoms with van der Waals surface area (Å²) >= 11 is 0. The van der Waals surface area contributed by atoms with Crippen LogP contribution in [0.1, 0.15) is 30.9 Å². The van der Waals surface area contributed by atoms with Gasteiger partial charge in [-0.05, 0) is 40.7 Å². The molecule has 0 aliphatic rings. The zero-order valence-corrected chi connectivity index (χ0v) is 13.5. The summed E-state index contributed by atoms with van der Waals surface area (Å²) in [6, 6.07) is 26.4. The maximum atomic E-state index is 2.23. The van der Waals surface area contributed by atoms with Gasteiger partial charge in [0.1, 0.15) is 0 Å². The van der Waals surface area contributed by atoms with Gasteiger partial charge in [-0.3, -0.25) is 0 Å². The molecule has 0 radical (unpaired) electrons. The molecule has 0 N–H and O–H groups in total. The topological polar surface area (TPSA) is 0 Å². The SMILES string of the molecule is Cc1ccc(-c2ccc(-c3ccc(C(C)C)cc3)cc2)cc1. The van der Waals surface area contributed by atoms with E-state index < -0.39 is 0 Å². The molecule has 0 nitrogen and oxygen atoms in total. The first kappa shape index (κ1) is 14.6. The average molecular weight is 286 g/mol. The Labute approximate surface area is 133 Å². The lowest BCUT2D eigenvalue weighted by molar-refractivity contribution is 0.867. The van der Waals surface area contributed by atoms with Gasteiger partial charge in [-0.1, -0.05) is 92.2 Å². The molecule has 0 saturated heterocycles. The van der Waals surface area contributed by atoms with Gasteiger partial charge in [0.15, 0.2) is 0 Å². The van der Waals surface area contributed by atoms with Crippen molar-refractivity contribution in [3.63, 3.8) is 0 Å². The molecule has 0 aliphatic carbocycles. The number of hydrogen-bond donors (Lipinski definition) is 0. The Balaban J connectivity index is 1.86. The van der Waals surface area contributed by atoms with Crippen LogP contribution in [0.2, 0.25) is 0 Å². The first-order valence-electron chi connectivity index (χ1n) is 7.91. The third kappa shape index (κ3) is 3.12. The van der Waals surface area contributed by atoms with E-state index in [2.05, 4.69) is 93.6 Å². The lowest BCUT2D eigenvalue weighted by Gasteiger charge is -2.08. The van der Waals surface area contributed by atoms with Gasteiger partial charge in [-0.25, -0.2) is 0 Å². The highest BCUT2D eigenvalue weighted by Gasteiger charge is 2.02. The van der Waals surface area contributed by atoms with Crippen LogP contribution >= 0.6 is 0 Å². The fourth-order valence-electron chi connectivity index (χ4n) is 2.66. The molecule has 0 unspecified atom stereocenters. The molecule has 0 heterocycles. The second-order valence-electron chi connectivity index (χ2n) is 6.22. The van der Waals surface area contributed by atoms with E-state index >= 15 is 0 Å². The average Bonchev–Trinajstić information content (AvgIpc) is 2.56. The Morgan fingerprint density at radius 1 is 0.500 bits per heavy atom. The van der Waals surface area contributed by atoms with Gasteiger partial charge in [-0.2, -0.15) is 0 Å². The Kier molecular flexibility index (Phi) is 4.11. The van der Waals surface area contributed by atoms with E-state index in [1.165, 1.54) is 33.4 Å². The lowest BCUT2D eigenvalue weighted by Crippen LogP contribution is -1.86. The summed E-state index contributed by atoms with van der Waals surface area (Å²) in [5.41, 5.74) is 7.77. The molecular weight excluding hydrogens is 264 g/mol. The molecule has 110 valence electrons. The van der Waals surface area contributed by atoms with Crippen molar-refractivity contribution in [3.8, 4) is 22.3 Å². The van der Waals surface area contributed by atoms with E-state index in [9.17, 15) is 0 Å². The van der Waals surface area contributed by atoms with Crippen molar-refractivity contribution in [2.24, 2.45) is 0 Å². The van der Waals surface area contributed by atoms with Crippen molar-refractivity contribution in [2.75, 3.05) is 0 Å². The lowest BCUT2D eigenvalue weighted by atomic mass is 9.97. The zero-order chi connectivity index (χ0) is 15.5. The van der Waals surface area contributed by atoms with Gasteiger partial charge in [-0.15, -0.1) is 0 Å². The van der Waals surface area contributed by atoms with Gasteiger partial charge < -0.3 is 0 Å². The molecule has 0 aromatic heterocycles. The van der Waals surface area contributed by atoms with E-state index in [1.807, 2.05) is 0 Å². The molecule has 0 heteroatoms. The second-order valence-corrected chi connectivity index (χ2v) is 6.22.